The molecule has 168 valence electrons. The Morgan fingerprint density at radius 3 is 2.26 bits per heavy atom. The van der Waals surface area contributed by atoms with Crippen LogP contribution in [0.2, 0.25) is 20.1 Å². The van der Waals surface area contributed by atoms with Crippen molar-refractivity contribution in [1.82, 2.24) is 10.2 Å². The van der Waals surface area contributed by atoms with E-state index >= 15 is 0 Å². The van der Waals surface area contributed by atoms with Crippen LogP contribution >= 0.6 is 58.2 Å². The van der Waals surface area contributed by atoms with E-state index in [0.717, 1.165) is 11.1 Å². The van der Waals surface area contributed by atoms with Gasteiger partial charge in [-0.3, -0.25) is 9.59 Å². The minimum absolute atomic E-state index is 0.155. The molecular formula is C22H24Cl4N2O2S. The predicted molar refractivity (Wildman–Crippen MR) is 132 cm³/mol. The van der Waals surface area contributed by atoms with Crippen LogP contribution in [0.25, 0.3) is 0 Å². The first-order valence-corrected chi connectivity index (χ1v) is 12.5. The monoisotopic (exact) mass is 520 g/mol. The van der Waals surface area contributed by atoms with Gasteiger partial charge in [0.2, 0.25) is 11.8 Å². The number of rotatable bonds is 10. The van der Waals surface area contributed by atoms with Crippen LogP contribution in [0.5, 0.6) is 0 Å². The highest BCUT2D eigenvalue weighted by molar-refractivity contribution is 7.99. The summed E-state index contributed by atoms with van der Waals surface area (Å²) in [4.78, 5) is 27.4. The molecule has 1 N–H and O–H groups in total. The third kappa shape index (κ3) is 7.47. The minimum atomic E-state index is -0.591. The average molecular weight is 522 g/mol. The van der Waals surface area contributed by atoms with Gasteiger partial charge in [-0.1, -0.05) is 65.5 Å². The van der Waals surface area contributed by atoms with E-state index in [4.69, 9.17) is 46.4 Å². The van der Waals surface area contributed by atoms with Gasteiger partial charge in [-0.15, -0.1) is 11.8 Å². The Hall–Kier alpha value is -1.11. The number of thioether (sulfide) groups is 1. The number of nitrogens with zero attached hydrogens (tertiary/aromatic N) is 1. The van der Waals surface area contributed by atoms with Gasteiger partial charge in [0.15, 0.2) is 0 Å². The molecule has 0 fully saturated rings. The number of halogens is 4. The van der Waals surface area contributed by atoms with Crippen LogP contribution in [0.4, 0.5) is 0 Å². The summed E-state index contributed by atoms with van der Waals surface area (Å²) < 4.78 is 0. The summed E-state index contributed by atoms with van der Waals surface area (Å²) in [5, 5.41) is 4.78. The van der Waals surface area contributed by atoms with Crippen LogP contribution in [0.1, 0.15) is 31.4 Å². The van der Waals surface area contributed by atoms with Crippen molar-refractivity contribution >= 4 is 70.0 Å². The van der Waals surface area contributed by atoms with Crippen LogP contribution in [0, 0.1) is 0 Å². The van der Waals surface area contributed by atoms with E-state index in [0.29, 0.717) is 38.8 Å². The second kappa shape index (κ2) is 12.8. The fourth-order valence-electron chi connectivity index (χ4n) is 3.04. The van der Waals surface area contributed by atoms with E-state index in [1.807, 2.05) is 13.8 Å². The highest BCUT2D eigenvalue weighted by Crippen LogP contribution is 2.29. The van der Waals surface area contributed by atoms with Gasteiger partial charge < -0.3 is 10.2 Å². The van der Waals surface area contributed by atoms with Crippen molar-refractivity contribution in [3.8, 4) is 0 Å². The lowest BCUT2D eigenvalue weighted by atomic mass is 10.1. The summed E-state index contributed by atoms with van der Waals surface area (Å²) in [7, 11) is 0. The zero-order valence-corrected chi connectivity index (χ0v) is 21.1. The maximum Gasteiger partial charge on any atom is 0.242 e. The summed E-state index contributed by atoms with van der Waals surface area (Å²) in [6.07, 6.45) is 0.486. The van der Waals surface area contributed by atoms with Gasteiger partial charge in [-0.05, 0) is 48.7 Å². The molecule has 1 unspecified atom stereocenters. The summed E-state index contributed by atoms with van der Waals surface area (Å²) in [5.41, 5.74) is 1.58. The van der Waals surface area contributed by atoms with Crippen molar-refractivity contribution in [2.24, 2.45) is 0 Å². The Bertz CT molecular complexity index is 906. The number of likely N-dealkylation sites (N-methyl/N-ethyl adjacent to an activating group) is 1. The second-order valence-corrected chi connectivity index (χ2v) is 9.40. The highest BCUT2D eigenvalue weighted by Gasteiger charge is 2.28. The van der Waals surface area contributed by atoms with Crippen molar-refractivity contribution in [2.75, 3.05) is 12.3 Å². The number of carbonyl (C=O) groups excluding carboxylic acids is 2. The Labute approximate surface area is 207 Å². The molecule has 0 spiro atoms. The van der Waals surface area contributed by atoms with Crippen LogP contribution in [0.15, 0.2) is 36.4 Å². The standard InChI is InChI=1S/C22H24Cl4N2O2S/c1-3-20(22(30)27-4-2)28(11-14-8-9-18(25)19(26)10-14)21(29)13-31-12-15-16(23)6-5-7-17(15)24/h5-10,20H,3-4,11-13H2,1-2H3,(H,27,30). The number of benzene rings is 2. The molecule has 0 aliphatic rings. The molecule has 0 aliphatic carbocycles. The van der Waals surface area contributed by atoms with Gasteiger partial charge >= 0.3 is 0 Å². The molecule has 2 aromatic rings. The lowest BCUT2D eigenvalue weighted by Crippen LogP contribution is -2.49. The van der Waals surface area contributed by atoms with Gasteiger partial charge in [-0.2, -0.15) is 0 Å². The first-order valence-electron chi connectivity index (χ1n) is 9.80. The molecule has 0 saturated heterocycles. The van der Waals surface area contributed by atoms with E-state index < -0.39 is 6.04 Å². The molecule has 1 atom stereocenters. The Balaban J connectivity index is 2.18. The number of nitrogens with one attached hydrogen (secondary N) is 1. The molecule has 9 heteroatoms. The molecule has 0 aliphatic heterocycles. The Morgan fingerprint density at radius 1 is 1.00 bits per heavy atom. The largest absolute Gasteiger partial charge is 0.355 e. The van der Waals surface area contributed by atoms with Crippen molar-refractivity contribution in [1.29, 1.82) is 0 Å². The summed E-state index contributed by atoms with van der Waals surface area (Å²) >= 11 is 26.0. The van der Waals surface area contributed by atoms with E-state index in [2.05, 4.69) is 5.32 Å². The maximum atomic E-state index is 13.2. The minimum Gasteiger partial charge on any atom is -0.355 e. The number of amides is 2. The Kier molecular flexibility index (Phi) is 10.8. The number of carbonyl (C=O) groups is 2. The third-order valence-electron chi connectivity index (χ3n) is 4.61. The lowest BCUT2D eigenvalue weighted by molar-refractivity contribution is -0.139. The van der Waals surface area contributed by atoms with Crippen molar-refractivity contribution in [3.05, 3.63) is 67.6 Å². The molecule has 0 aromatic heterocycles. The van der Waals surface area contributed by atoms with Crippen molar-refractivity contribution in [2.45, 2.75) is 38.6 Å². The normalized spacial score (nSPS) is 11.8. The SMILES string of the molecule is CCNC(=O)C(CC)N(Cc1ccc(Cl)c(Cl)c1)C(=O)CSCc1c(Cl)cccc1Cl. The first-order chi connectivity index (χ1) is 14.8. The van der Waals surface area contributed by atoms with Crippen molar-refractivity contribution in [3.63, 3.8) is 0 Å². The van der Waals surface area contributed by atoms with Crippen LogP contribution in [-0.2, 0) is 21.9 Å². The quantitative estimate of drug-likeness (QED) is 0.389. The second-order valence-electron chi connectivity index (χ2n) is 6.78. The molecule has 0 radical (unpaired) electrons. The van der Waals surface area contributed by atoms with E-state index in [1.54, 1.807) is 41.3 Å². The predicted octanol–water partition coefficient (Wildman–Crippen LogP) is 6.48. The summed E-state index contributed by atoms with van der Waals surface area (Å²) in [6.45, 7) is 4.47. The van der Waals surface area contributed by atoms with Gasteiger partial charge in [0, 0.05) is 28.9 Å². The highest BCUT2D eigenvalue weighted by atomic mass is 35.5. The van der Waals surface area contributed by atoms with E-state index in [9.17, 15) is 9.59 Å². The smallest absolute Gasteiger partial charge is 0.242 e. The molecule has 0 bridgehead atoms. The summed E-state index contributed by atoms with van der Waals surface area (Å²) in [6, 6.07) is 9.92. The van der Waals surface area contributed by atoms with Crippen molar-refractivity contribution < 1.29 is 9.59 Å². The van der Waals surface area contributed by atoms with Crippen LogP contribution in [-0.4, -0.2) is 35.1 Å². The summed E-state index contributed by atoms with van der Waals surface area (Å²) in [5.74, 6) is 0.330. The zero-order valence-electron chi connectivity index (χ0n) is 17.3. The lowest BCUT2D eigenvalue weighted by Gasteiger charge is -2.30. The van der Waals surface area contributed by atoms with Crippen LogP contribution < -0.4 is 5.32 Å². The fourth-order valence-corrected chi connectivity index (χ4v) is 5.01. The maximum absolute atomic E-state index is 13.2. The van der Waals surface area contributed by atoms with Gasteiger partial charge in [-0.25, -0.2) is 0 Å². The topological polar surface area (TPSA) is 49.4 Å². The molecule has 2 amide bonds. The average Bonchev–Trinajstić information content (AvgIpc) is 2.72. The number of hydrogen-bond donors (Lipinski definition) is 1. The van der Waals surface area contributed by atoms with Gasteiger partial charge in [0.1, 0.15) is 6.04 Å². The molecule has 4 nitrogen and oxygen atoms in total. The zero-order chi connectivity index (χ0) is 23.0. The van der Waals surface area contributed by atoms with Gasteiger partial charge in [0.25, 0.3) is 0 Å². The Morgan fingerprint density at radius 2 is 1.68 bits per heavy atom. The van der Waals surface area contributed by atoms with Crippen LogP contribution in [0.3, 0.4) is 0 Å². The molecular weight excluding hydrogens is 498 g/mol. The molecule has 0 heterocycles. The van der Waals surface area contributed by atoms with E-state index in [1.165, 1.54) is 11.8 Å². The number of hydrogen-bond acceptors (Lipinski definition) is 3. The van der Waals surface area contributed by atoms with Gasteiger partial charge in [0.05, 0.1) is 15.8 Å². The molecule has 31 heavy (non-hydrogen) atoms. The van der Waals surface area contributed by atoms with E-state index in [-0.39, 0.29) is 24.1 Å². The molecule has 2 aromatic carbocycles. The third-order valence-corrected chi connectivity index (χ3v) is 7.00. The molecule has 0 saturated carbocycles. The first kappa shape index (κ1) is 26.1. The fraction of sp³-hybridized carbons (Fsp3) is 0.364. The molecule has 2 rings (SSSR count).